The average Bonchev–Trinajstić information content (AvgIpc) is 3.87. The van der Waals surface area contributed by atoms with Crippen LogP contribution in [0, 0.1) is 22.9 Å². The van der Waals surface area contributed by atoms with Crippen molar-refractivity contribution < 1.29 is 23.6 Å². The van der Waals surface area contributed by atoms with Crippen molar-refractivity contribution in [1.82, 2.24) is 25.1 Å². The topological polar surface area (TPSA) is 145 Å². The first-order chi connectivity index (χ1) is 23.2. The van der Waals surface area contributed by atoms with Crippen LogP contribution in [-0.2, 0) is 11.3 Å². The number of hydrogen-bond acceptors (Lipinski definition) is 10. The molecule has 2 amide bonds. The molecule has 12 nitrogen and oxygen atoms in total. The Morgan fingerprint density at radius 1 is 1.08 bits per heavy atom. The molecule has 5 aromatic rings. The number of halogens is 1. The number of nitrogens with one attached hydrogen (secondary N) is 1. The number of ether oxygens (including phenoxy) is 1. The first-order valence-corrected chi connectivity index (χ1v) is 16.5. The van der Waals surface area contributed by atoms with Crippen molar-refractivity contribution in [2.75, 3.05) is 12.9 Å². The molecule has 0 spiro atoms. The van der Waals surface area contributed by atoms with Crippen LogP contribution >= 0.6 is 23.1 Å². The van der Waals surface area contributed by atoms with Gasteiger partial charge in [-0.2, -0.15) is 5.10 Å². The Bertz CT molecular complexity index is 2020. The van der Waals surface area contributed by atoms with E-state index in [0.29, 0.717) is 28.8 Å². The standard InChI is InChI=1S/C33H28FN7O5S2/c1-20-23(7-5-9-25(20)41(44)45)32(43)35-18-30-36-37-33(39(30)26-8-3-4-10-28(26)46-2)48-19-31(42)40-27(21-12-14-22(34)15-13-21)17-24(38-40)29-11-6-16-47-29/h3-16,27H,17-19H2,1-2H3,(H,35,43)/t27-/m0/s1. The molecule has 0 bridgehead atoms. The third-order valence-electron chi connectivity index (χ3n) is 7.73. The van der Waals surface area contributed by atoms with Crippen LogP contribution in [0.2, 0.25) is 0 Å². The Labute approximate surface area is 282 Å². The molecule has 0 fully saturated rings. The van der Waals surface area contributed by atoms with Gasteiger partial charge in [-0.25, -0.2) is 9.40 Å². The molecule has 2 aromatic heterocycles. The van der Waals surface area contributed by atoms with Gasteiger partial charge in [0.15, 0.2) is 11.0 Å². The molecule has 1 aliphatic rings. The van der Waals surface area contributed by atoms with E-state index in [1.807, 2.05) is 29.6 Å². The average molecular weight is 686 g/mol. The Kier molecular flexibility index (Phi) is 9.59. The lowest BCUT2D eigenvalue weighted by molar-refractivity contribution is -0.385. The van der Waals surface area contributed by atoms with Crippen molar-refractivity contribution in [2.45, 2.75) is 31.1 Å². The third-order valence-corrected chi connectivity index (χ3v) is 9.56. The molecule has 0 saturated heterocycles. The molecular formula is C33H28FN7O5S2. The van der Waals surface area contributed by atoms with E-state index in [0.717, 1.165) is 27.9 Å². The van der Waals surface area contributed by atoms with Gasteiger partial charge in [0.25, 0.3) is 17.5 Å². The number of carbonyl (C=O) groups excluding carboxylic acids is 2. The Balaban J connectivity index is 1.26. The summed E-state index contributed by atoms with van der Waals surface area (Å²) in [6.45, 7) is 1.44. The highest BCUT2D eigenvalue weighted by Crippen LogP contribution is 2.35. The molecule has 0 aliphatic carbocycles. The molecule has 48 heavy (non-hydrogen) atoms. The number of para-hydroxylation sites is 2. The second-order valence-electron chi connectivity index (χ2n) is 10.6. The summed E-state index contributed by atoms with van der Waals surface area (Å²) in [6.07, 6.45) is 0.480. The number of thiophene rings is 1. The molecule has 0 saturated carbocycles. The summed E-state index contributed by atoms with van der Waals surface area (Å²) < 4.78 is 21.0. The first-order valence-electron chi connectivity index (χ1n) is 14.7. The number of hydrogen-bond donors (Lipinski definition) is 1. The molecule has 0 radical (unpaired) electrons. The fourth-order valence-corrected chi connectivity index (χ4v) is 6.89. The van der Waals surface area contributed by atoms with Crippen molar-refractivity contribution in [3.63, 3.8) is 0 Å². The van der Waals surface area contributed by atoms with Gasteiger partial charge in [0, 0.05) is 23.6 Å². The van der Waals surface area contributed by atoms with Gasteiger partial charge in [-0.15, -0.1) is 21.5 Å². The normalized spacial score (nSPS) is 14.1. The SMILES string of the molecule is COc1ccccc1-n1c(CNC(=O)c2cccc([N+](=O)[O-])c2C)nnc1SCC(=O)N1N=C(c2cccs2)C[C@H]1c1ccc(F)cc1. The third kappa shape index (κ3) is 6.68. The highest BCUT2D eigenvalue weighted by molar-refractivity contribution is 7.99. The fraction of sp³-hybridized carbons (Fsp3) is 0.182. The number of nitro benzene ring substituents is 1. The maximum atomic E-state index is 13.8. The number of aromatic nitrogens is 3. The van der Waals surface area contributed by atoms with Crippen LogP contribution in [0.5, 0.6) is 5.75 Å². The van der Waals surface area contributed by atoms with Crippen LogP contribution in [-0.4, -0.2) is 55.1 Å². The van der Waals surface area contributed by atoms with E-state index in [-0.39, 0.29) is 40.8 Å². The molecule has 6 rings (SSSR count). The minimum absolute atomic E-state index is 0.0502. The fourth-order valence-electron chi connectivity index (χ4n) is 5.36. The van der Waals surface area contributed by atoms with Crippen LogP contribution in [0.4, 0.5) is 10.1 Å². The zero-order chi connectivity index (χ0) is 33.8. The number of amides is 2. The Hall–Kier alpha value is -5.41. The van der Waals surface area contributed by atoms with Crippen molar-refractivity contribution in [3.05, 3.63) is 128 Å². The van der Waals surface area contributed by atoms with Crippen LogP contribution in [0.1, 0.15) is 44.6 Å². The van der Waals surface area contributed by atoms with Crippen molar-refractivity contribution in [2.24, 2.45) is 5.10 Å². The van der Waals surface area contributed by atoms with E-state index in [2.05, 4.69) is 20.6 Å². The number of methoxy groups -OCH3 is 1. The minimum Gasteiger partial charge on any atom is -0.495 e. The smallest absolute Gasteiger partial charge is 0.273 e. The number of thioether (sulfide) groups is 1. The molecule has 244 valence electrons. The summed E-state index contributed by atoms with van der Waals surface area (Å²) >= 11 is 2.67. The summed E-state index contributed by atoms with van der Waals surface area (Å²) in [4.78, 5) is 38.7. The predicted molar refractivity (Wildman–Crippen MR) is 179 cm³/mol. The van der Waals surface area contributed by atoms with Crippen LogP contribution in [0.15, 0.2) is 94.5 Å². The first kappa shape index (κ1) is 32.5. The van der Waals surface area contributed by atoms with Gasteiger partial charge in [0.05, 0.1) is 46.6 Å². The highest BCUT2D eigenvalue weighted by atomic mass is 32.2. The van der Waals surface area contributed by atoms with Gasteiger partial charge in [-0.05, 0) is 54.3 Å². The number of benzene rings is 3. The van der Waals surface area contributed by atoms with Crippen LogP contribution in [0.25, 0.3) is 5.69 Å². The molecule has 3 heterocycles. The number of nitro groups is 1. The summed E-state index contributed by atoms with van der Waals surface area (Å²) in [7, 11) is 1.53. The zero-order valence-corrected chi connectivity index (χ0v) is 27.3. The summed E-state index contributed by atoms with van der Waals surface area (Å²) in [5.41, 5.74) is 2.36. The van der Waals surface area contributed by atoms with Crippen molar-refractivity contribution >= 4 is 46.3 Å². The Morgan fingerprint density at radius 2 is 1.88 bits per heavy atom. The van der Waals surface area contributed by atoms with Gasteiger partial charge in [0.2, 0.25) is 0 Å². The van der Waals surface area contributed by atoms with Gasteiger partial charge < -0.3 is 10.1 Å². The van der Waals surface area contributed by atoms with Crippen LogP contribution in [0.3, 0.4) is 0 Å². The zero-order valence-electron chi connectivity index (χ0n) is 25.7. The summed E-state index contributed by atoms with van der Waals surface area (Å²) in [6, 6.07) is 21.0. The molecule has 1 N–H and O–H groups in total. The summed E-state index contributed by atoms with van der Waals surface area (Å²) in [5.74, 6) is -0.372. The molecule has 15 heteroatoms. The molecule has 1 atom stereocenters. The molecule has 1 aliphatic heterocycles. The second kappa shape index (κ2) is 14.1. The Morgan fingerprint density at radius 3 is 2.60 bits per heavy atom. The highest BCUT2D eigenvalue weighted by Gasteiger charge is 2.34. The lowest BCUT2D eigenvalue weighted by Gasteiger charge is -2.22. The monoisotopic (exact) mass is 685 g/mol. The molecule has 0 unspecified atom stereocenters. The number of hydrazone groups is 1. The van der Waals surface area contributed by atoms with Crippen molar-refractivity contribution in [1.29, 1.82) is 0 Å². The van der Waals surface area contributed by atoms with E-state index < -0.39 is 16.9 Å². The number of nitrogens with zero attached hydrogens (tertiary/aromatic N) is 6. The van der Waals surface area contributed by atoms with E-state index in [1.165, 1.54) is 60.7 Å². The van der Waals surface area contributed by atoms with E-state index >= 15 is 0 Å². The lowest BCUT2D eigenvalue weighted by atomic mass is 10.0. The minimum atomic E-state index is -0.534. The van der Waals surface area contributed by atoms with E-state index in [4.69, 9.17) is 4.74 Å². The quantitative estimate of drug-likeness (QED) is 0.0999. The van der Waals surface area contributed by atoms with Gasteiger partial charge in [0.1, 0.15) is 11.6 Å². The van der Waals surface area contributed by atoms with E-state index in [9.17, 15) is 24.1 Å². The van der Waals surface area contributed by atoms with Gasteiger partial charge in [-0.1, -0.05) is 48.2 Å². The largest absolute Gasteiger partial charge is 0.495 e. The predicted octanol–water partition coefficient (Wildman–Crippen LogP) is 6.09. The van der Waals surface area contributed by atoms with E-state index in [1.54, 1.807) is 28.8 Å². The molecular weight excluding hydrogens is 658 g/mol. The maximum absolute atomic E-state index is 13.8. The lowest BCUT2D eigenvalue weighted by Crippen LogP contribution is -2.28. The second-order valence-corrected chi connectivity index (χ2v) is 12.5. The maximum Gasteiger partial charge on any atom is 0.273 e. The van der Waals surface area contributed by atoms with Gasteiger partial charge in [-0.3, -0.25) is 24.3 Å². The summed E-state index contributed by atoms with van der Waals surface area (Å²) in [5, 5.41) is 31.3. The van der Waals surface area contributed by atoms with Gasteiger partial charge >= 0.3 is 0 Å². The number of rotatable bonds is 11. The molecule has 3 aromatic carbocycles. The van der Waals surface area contributed by atoms with Crippen LogP contribution < -0.4 is 10.1 Å². The van der Waals surface area contributed by atoms with Crippen molar-refractivity contribution in [3.8, 4) is 11.4 Å². The number of carbonyl (C=O) groups is 2.